The molecule has 0 saturated heterocycles. The molecule has 0 aliphatic carbocycles. The first-order valence-electron chi connectivity index (χ1n) is 10.1. The van der Waals surface area contributed by atoms with Crippen LogP contribution in [0.1, 0.15) is 22.8 Å². The standard InChI is InChI=1S/C25H24N2O5/c1-4-15-32-22-16-21(18-11-13-20(14-12-18)27(29)30)23(25(28)31-5-2)17(3)24(22)26-19-9-7-6-8-10-19/h4,6-14,16,26H,1,5,15H2,2-3H3. The number of benzene rings is 3. The molecule has 3 aromatic rings. The van der Waals surface area contributed by atoms with Crippen molar-refractivity contribution in [3.63, 3.8) is 0 Å². The quantitative estimate of drug-likeness (QED) is 0.191. The number of non-ortho nitro benzene ring substituents is 1. The SMILES string of the molecule is C=CCOc1cc(-c2ccc([N+](=O)[O-])cc2)c(C(=O)OCC)c(C)c1Nc1ccccc1. The lowest BCUT2D eigenvalue weighted by Gasteiger charge is -2.21. The number of para-hydroxylation sites is 1. The molecule has 0 aliphatic heterocycles. The van der Waals surface area contributed by atoms with E-state index < -0.39 is 10.9 Å². The second-order valence-corrected chi connectivity index (χ2v) is 6.91. The highest BCUT2D eigenvalue weighted by atomic mass is 16.6. The van der Waals surface area contributed by atoms with Crippen molar-refractivity contribution in [2.75, 3.05) is 18.5 Å². The van der Waals surface area contributed by atoms with Gasteiger partial charge >= 0.3 is 5.97 Å². The Bertz CT molecular complexity index is 1130. The molecule has 1 N–H and O–H groups in total. The number of anilines is 2. The number of hydrogen-bond acceptors (Lipinski definition) is 6. The van der Waals surface area contributed by atoms with E-state index in [1.54, 1.807) is 31.2 Å². The molecule has 7 nitrogen and oxygen atoms in total. The lowest BCUT2D eigenvalue weighted by molar-refractivity contribution is -0.384. The monoisotopic (exact) mass is 432 g/mol. The molecule has 3 aromatic carbocycles. The minimum atomic E-state index is -0.482. The van der Waals surface area contributed by atoms with Gasteiger partial charge in [-0.05, 0) is 55.3 Å². The molecule has 0 saturated carbocycles. The van der Waals surface area contributed by atoms with Crippen molar-refractivity contribution in [3.05, 3.63) is 94.6 Å². The highest BCUT2D eigenvalue weighted by Gasteiger charge is 2.24. The van der Waals surface area contributed by atoms with Crippen LogP contribution in [0.4, 0.5) is 17.1 Å². The van der Waals surface area contributed by atoms with Crippen molar-refractivity contribution in [3.8, 4) is 16.9 Å². The third-order valence-electron chi connectivity index (χ3n) is 4.81. The van der Waals surface area contributed by atoms with Crippen molar-refractivity contribution in [1.82, 2.24) is 0 Å². The first-order chi connectivity index (χ1) is 15.5. The van der Waals surface area contributed by atoms with E-state index in [1.807, 2.05) is 37.3 Å². The molecule has 0 aromatic heterocycles. The molecular formula is C25H24N2O5. The zero-order chi connectivity index (χ0) is 23.1. The number of esters is 1. The molecule has 32 heavy (non-hydrogen) atoms. The molecule has 0 aliphatic rings. The van der Waals surface area contributed by atoms with Gasteiger partial charge in [0, 0.05) is 23.4 Å². The highest BCUT2D eigenvalue weighted by Crippen LogP contribution is 2.40. The number of nitrogens with zero attached hydrogens (tertiary/aromatic N) is 1. The first kappa shape index (κ1) is 22.6. The summed E-state index contributed by atoms with van der Waals surface area (Å²) in [6.07, 6.45) is 1.63. The zero-order valence-electron chi connectivity index (χ0n) is 18.0. The van der Waals surface area contributed by atoms with Crippen LogP contribution in [0.2, 0.25) is 0 Å². The summed E-state index contributed by atoms with van der Waals surface area (Å²) in [6.45, 7) is 7.74. The van der Waals surface area contributed by atoms with Crippen molar-refractivity contribution in [1.29, 1.82) is 0 Å². The summed E-state index contributed by atoms with van der Waals surface area (Å²) < 4.78 is 11.2. The van der Waals surface area contributed by atoms with Crippen LogP contribution in [-0.2, 0) is 4.74 Å². The van der Waals surface area contributed by atoms with E-state index in [-0.39, 0.29) is 18.9 Å². The maximum absolute atomic E-state index is 12.9. The second-order valence-electron chi connectivity index (χ2n) is 6.91. The number of rotatable bonds is 9. The Morgan fingerprint density at radius 3 is 2.44 bits per heavy atom. The van der Waals surface area contributed by atoms with Gasteiger partial charge in [-0.3, -0.25) is 10.1 Å². The van der Waals surface area contributed by atoms with Crippen LogP contribution < -0.4 is 10.1 Å². The topological polar surface area (TPSA) is 90.7 Å². The molecule has 0 fully saturated rings. The van der Waals surface area contributed by atoms with Crippen molar-refractivity contribution in [2.24, 2.45) is 0 Å². The number of nitrogens with one attached hydrogen (secondary N) is 1. The van der Waals surface area contributed by atoms with Crippen LogP contribution >= 0.6 is 0 Å². The summed E-state index contributed by atoms with van der Waals surface area (Å²) in [5.41, 5.74) is 3.63. The number of ether oxygens (including phenoxy) is 2. The van der Waals surface area contributed by atoms with E-state index in [4.69, 9.17) is 9.47 Å². The lowest BCUT2D eigenvalue weighted by atomic mass is 9.93. The van der Waals surface area contributed by atoms with E-state index >= 15 is 0 Å². The van der Waals surface area contributed by atoms with Gasteiger partial charge in [0.15, 0.2) is 0 Å². The fraction of sp³-hybridized carbons (Fsp3) is 0.160. The predicted octanol–water partition coefficient (Wildman–Crippen LogP) is 6.06. The third kappa shape index (κ3) is 4.95. The summed E-state index contributed by atoms with van der Waals surface area (Å²) in [6, 6.07) is 17.3. The van der Waals surface area contributed by atoms with Gasteiger partial charge in [-0.1, -0.05) is 30.9 Å². The molecule has 0 unspecified atom stereocenters. The molecule has 0 spiro atoms. The van der Waals surface area contributed by atoms with Gasteiger partial charge in [-0.15, -0.1) is 0 Å². The van der Waals surface area contributed by atoms with Crippen LogP contribution in [0.25, 0.3) is 11.1 Å². The third-order valence-corrected chi connectivity index (χ3v) is 4.81. The zero-order valence-corrected chi connectivity index (χ0v) is 18.0. The highest BCUT2D eigenvalue weighted by molar-refractivity contribution is 6.02. The number of nitro benzene ring substituents is 1. The largest absolute Gasteiger partial charge is 0.487 e. The van der Waals surface area contributed by atoms with Crippen molar-refractivity contribution >= 4 is 23.0 Å². The minimum Gasteiger partial charge on any atom is -0.487 e. The van der Waals surface area contributed by atoms with Gasteiger partial charge < -0.3 is 14.8 Å². The molecule has 7 heteroatoms. The van der Waals surface area contributed by atoms with Gasteiger partial charge in [0.25, 0.3) is 5.69 Å². The van der Waals surface area contributed by atoms with Crippen LogP contribution in [0, 0.1) is 17.0 Å². The van der Waals surface area contributed by atoms with E-state index in [0.717, 1.165) is 5.69 Å². The number of nitro groups is 1. The second kappa shape index (κ2) is 10.3. The Kier molecular flexibility index (Phi) is 7.23. The molecule has 164 valence electrons. The Balaban J connectivity index is 2.22. The fourth-order valence-electron chi connectivity index (χ4n) is 3.33. The van der Waals surface area contributed by atoms with Gasteiger partial charge in [0.05, 0.1) is 22.8 Å². The van der Waals surface area contributed by atoms with Crippen molar-refractivity contribution in [2.45, 2.75) is 13.8 Å². The summed E-state index contributed by atoms with van der Waals surface area (Å²) in [5.74, 6) is 0.0392. The summed E-state index contributed by atoms with van der Waals surface area (Å²) >= 11 is 0. The van der Waals surface area contributed by atoms with Crippen molar-refractivity contribution < 1.29 is 19.2 Å². The average molecular weight is 432 g/mol. The summed E-state index contributed by atoms with van der Waals surface area (Å²) in [5, 5.41) is 14.4. The normalized spacial score (nSPS) is 10.3. The molecule has 0 radical (unpaired) electrons. The van der Waals surface area contributed by atoms with Crippen LogP contribution in [0.5, 0.6) is 5.75 Å². The van der Waals surface area contributed by atoms with E-state index in [0.29, 0.717) is 33.7 Å². The number of carbonyl (C=O) groups excluding carboxylic acids is 1. The van der Waals surface area contributed by atoms with Gasteiger partial charge in [0.2, 0.25) is 0 Å². The van der Waals surface area contributed by atoms with E-state index in [1.165, 1.54) is 12.1 Å². The lowest BCUT2D eigenvalue weighted by Crippen LogP contribution is -2.12. The minimum absolute atomic E-state index is 0.0337. The van der Waals surface area contributed by atoms with Gasteiger partial charge in [0.1, 0.15) is 12.4 Å². The van der Waals surface area contributed by atoms with Crippen LogP contribution in [0.15, 0.2) is 73.3 Å². The Labute approximate surface area is 186 Å². The Hall–Kier alpha value is -4.13. The molecule has 0 amide bonds. The van der Waals surface area contributed by atoms with Crippen LogP contribution in [-0.4, -0.2) is 24.1 Å². The Morgan fingerprint density at radius 2 is 1.84 bits per heavy atom. The molecule has 0 bridgehead atoms. The fourth-order valence-corrected chi connectivity index (χ4v) is 3.33. The average Bonchev–Trinajstić information content (AvgIpc) is 2.80. The molecule has 0 atom stereocenters. The molecule has 0 heterocycles. The van der Waals surface area contributed by atoms with E-state index in [2.05, 4.69) is 11.9 Å². The maximum Gasteiger partial charge on any atom is 0.339 e. The number of hydrogen-bond donors (Lipinski definition) is 1. The Morgan fingerprint density at radius 1 is 1.16 bits per heavy atom. The number of carbonyl (C=O) groups is 1. The molecular weight excluding hydrogens is 408 g/mol. The van der Waals surface area contributed by atoms with E-state index in [9.17, 15) is 14.9 Å². The summed E-state index contributed by atoms with van der Waals surface area (Å²) in [7, 11) is 0. The van der Waals surface area contributed by atoms with Gasteiger partial charge in [-0.25, -0.2) is 4.79 Å². The molecule has 3 rings (SSSR count). The first-order valence-corrected chi connectivity index (χ1v) is 10.1. The van der Waals surface area contributed by atoms with Gasteiger partial charge in [-0.2, -0.15) is 0 Å². The van der Waals surface area contributed by atoms with Crippen LogP contribution in [0.3, 0.4) is 0 Å². The predicted molar refractivity (Wildman–Crippen MR) is 125 cm³/mol. The maximum atomic E-state index is 12.9. The summed E-state index contributed by atoms with van der Waals surface area (Å²) in [4.78, 5) is 23.5. The smallest absolute Gasteiger partial charge is 0.339 e.